The number of hydrogen-bond acceptors (Lipinski definition) is 1. The Balaban J connectivity index is 2.48. The van der Waals surface area contributed by atoms with Crippen LogP contribution in [-0.2, 0) is 6.42 Å². The average Bonchev–Trinajstić information content (AvgIpc) is 2.44. The van der Waals surface area contributed by atoms with E-state index < -0.39 is 0 Å². The number of aryl methyl sites for hydroxylation is 2. The molecule has 0 aliphatic rings. The van der Waals surface area contributed by atoms with Crippen molar-refractivity contribution in [3.63, 3.8) is 0 Å². The number of furan rings is 1. The average molecular weight is 174 g/mol. The fraction of sp³-hybridized carbons (Fsp3) is 0.333. The zero-order chi connectivity index (χ0) is 9.26. The van der Waals surface area contributed by atoms with Crippen LogP contribution in [0.15, 0.2) is 28.7 Å². The van der Waals surface area contributed by atoms with E-state index in [1.807, 2.05) is 6.92 Å². The van der Waals surface area contributed by atoms with Gasteiger partial charge < -0.3 is 4.42 Å². The molecule has 1 aromatic heterocycles. The molecule has 13 heavy (non-hydrogen) atoms. The summed E-state index contributed by atoms with van der Waals surface area (Å²) in [6.07, 6.45) is 2.32. The van der Waals surface area contributed by atoms with Crippen LogP contribution >= 0.6 is 0 Å². The molecule has 0 aliphatic heterocycles. The maximum Gasteiger partial charge on any atom is 0.134 e. The molecule has 0 bridgehead atoms. The van der Waals surface area contributed by atoms with Gasteiger partial charge in [0.05, 0.1) is 0 Å². The highest BCUT2D eigenvalue weighted by atomic mass is 16.3. The normalized spacial score (nSPS) is 10.9. The SMILES string of the molecule is CCCc1ccc2cc(C)oc2c1. The minimum Gasteiger partial charge on any atom is -0.461 e. The summed E-state index contributed by atoms with van der Waals surface area (Å²) in [5.41, 5.74) is 2.38. The van der Waals surface area contributed by atoms with Gasteiger partial charge in [-0.15, -0.1) is 0 Å². The second kappa shape index (κ2) is 3.25. The third-order valence-corrected chi connectivity index (χ3v) is 2.25. The first-order valence-corrected chi connectivity index (χ1v) is 4.78. The van der Waals surface area contributed by atoms with Gasteiger partial charge in [0.2, 0.25) is 0 Å². The summed E-state index contributed by atoms with van der Waals surface area (Å²) < 4.78 is 5.55. The summed E-state index contributed by atoms with van der Waals surface area (Å²) in [5, 5.41) is 1.21. The highest BCUT2D eigenvalue weighted by Crippen LogP contribution is 2.20. The van der Waals surface area contributed by atoms with Crippen LogP contribution in [0.25, 0.3) is 11.0 Å². The molecular formula is C12H14O. The van der Waals surface area contributed by atoms with Crippen LogP contribution < -0.4 is 0 Å². The maximum absolute atomic E-state index is 5.55. The monoisotopic (exact) mass is 174 g/mol. The van der Waals surface area contributed by atoms with Crippen molar-refractivity contribution in [1.82, 2.24) is 0 Å². The van der Waals surface area contributed by atoms with Crippen LogP contribution in [0.2, 0.25) is 0 Å². The van der Waals surface area contributed by atoms with Crippen LogP contribution in [0, 0.1) is 6.92 Å². The van der Waals surface area contributed by atoms with Crippen LogP contribution in [0.3, 0.4) is 0 Å². The lowest BCUT2D eigenvalue weighted by Crippen LogP contribution is -1.80. The van der Waals surface area contributed by atoms with Gasteiger partial charge in [0.25, 0.3) is 0 Å². The molecule has 0 saturated heterocycles. The van der Waals surface area contributed by atoms with E-state index in [2.05, 4.69) is 31.2 Å². The van der Waals surface area contributed by atoms with Gasteiger partial charge in [-0.05, 0) is 31.0 Å². The van der Waals surface area contributed by atoms with Gasteiger partial charge in [-0.3, -0.25) is 0 Å². The Morgan fingerprint density at radius 3 is 2.85 bits per heavy atom. The molecule has 0 radical (unpaired) electrons. The minimum absolute atomic E-state index is 0.989. The van der Waals surface area contributed by atoms with E-state index in [-0.39, 0.29) is 0 Å². The summed E-state index contributed by atoms with van der Waals surface area (Å²) in [6, 6.07) is 8.54. The van der Waals surface area contributed by atoms with Crippen molar-refractivity contribution in [2.75, 3.05) is 0 Å². The molecule has 2 aromatic rings. The molecule has 1 heteroatoms. The molecule has 0 N–H and O–H groups in total. The molecule has 0 aliphatic carbocycles. The van der Waals surface area contributed by atoms with Crippen LogP contribution in [0.1, 0.15) is 24.7 Å². The first-order chi connectivity index (χ1) is 6.29. The predicted octanol–water partition coefficient (Wildman–Crippen LogP) is 3.69. The van der Waals surface area contributed by atoms with Crippen LogP contribution in [0.5, 0.6) is 0 Å². The lowest BCUT2D eigenvalue weighted by Gasteiger charge is -1.96. The van der Waals surface area contributed by atoms with E-state index in [0.29, 0.717) is 0 Å². The number of hydrogen-bond donors (Lipinski definition) is 0. The topological polar surface area (TPSA) is 13.1 Å². The third-order valence-electron chi connectivity index (χ3n) is 2.25. The second-order valence-corrected chi connectivity index (χ2v) is 3.48. The van der Waals surface area contributed by atoms with Crippen molar-refractivity contribution >= 4 is 11.0 Å². The molecule has 1 aromatic carbocycles. The molecule has 1 heterocycles. The molecule has 0 amide bonds. The van der Waals surface area contributed by atoms with E-state index in [9.17, 15) is 0 Å². The maximum atomic E-state index is 5.55. The lowest BCUT2D eigenvalue weighted by molar-refractivity contribution is 0.578. The Kier molecular flexibility index (Phi) is 2.09. The van der Waals surface area contributed by atoms with Gasteiger partial charge in [-0.2, -0.15) is 0 Å². The number of benzene rings is 1. The van der Waals surface area contributed by atoms with E-state index in [1.54, 1.807) is 0 Å². The Morgan fingerprint density at radius 1 is 1.23 bits per heavy atom. The molecule has 0 saturated carbocycles. The third kappa shape index (κ3) is 1.59. The zero-order valence-electron chi connectivity index (χ0n) is 8.13. The van der Waals surface area contributed by atoms with Crippen molar-refractivity contribution in [3.8, 4) is 0 Å². The summed E-state index contributed by atoms with van der Waals surface area (Å²) in [6.45, 7) is 4.18. The van der Waals surface area contributed by atoms with Gasteiger partial charge >= 0.3 is 0 Å². The Bertz CT molecular complexity index is 412. The summed E-state index contributed by atoms with van der Waals surface area (Å²) in [7, 11) is 0. The molecule has 1 nitrogen and oxygen atoms in total. The van der Waals surface area contributed by atoms with E-state index >= 15 is 0 Å². The Hall–Kier alpha value is -1.24. The fourth-order valence-corrected chi connectivity index (χ4v) is 1.65. The van der Waals surface area contributed by atoms with E-state index in [1.165, 1.54) is 17.4 Å². The van der Waals surface area contributed by atoms with Gasteiger partial charge in [-0.25, -0.2) is 0 Å². The largest absolute Gasteiger partial charge is 0.461 e. The molecule has 0 spiro atoms. The predicted molar refractivity (Wildman–Crippen MR) is 54.9 cm³/mol. The van der Waals surface area contributed by atoms with Crippen LogP contribution in [0.4, 0.5) is 0 Å². The first-order valence-electron chi connectivity index (χ1n) is 4.78. The molecule has 0 atom stereocenters. The molecule has 0 fully saturated rings. The molecular weight excluding hydrogens is 160 g/mol. The number of fused-ring (bicyclic) bond motifs is 1. The quantitative estimate of drug-likeness (QED) is 0.676. The summed E-state index contributed by atoms with van der Waals surface area (Å²) in [4.78, 5) is 0. The Morgan fingerprint density at radius 2 is 2.08 bits per heavy atom. The van der Waals surface area contributed by atoms with Crippen molar-refractivity contribution < 1.29 is 4.42 Å². The second-order valence-electron chi connectivity index (χ2n) is 3.48. The van der Waals surface area contributed by atoms with Crippen molar-refractivity contribution in [2.24, 2.45) is 0 Å². The molecule has 2 rings (SSSR count). The molecule has 0 unspecified atom stereocenters. The van der Waals surface area contributed by atoms with Crippen molar-refractivity contribution in [2.45, 2.75) is 26.7 Å². The van der Waals surface area contributed by atoms with Gasteiger partial charge in [0.15, 0.2) is 0 Å². The van der Waals surface area contributed by atoms with Crippen LogP contribution in [-0.4, -0.2) is 0 Å². The lowest BCUT2D eigenvalue weighted by atomic mass is 10.1. The number of rotatable bonds is 2. The molecule has 68 valence electrons. The van der Waals surface area contributed by atoms with Crippen molar-refractivity contribution in [1.29, 1.82) is 0 Å². The van der Waals surface area contributed by atoms with Gasteiger partial charge in [0.1, 0.15) is 11.3 Å². The first kappa shape index (κ1) is 8.36. The smallest absolute Gasteiger partial charge is 0.134 e. The van der Waals surface area contributed by atoms with E-state index in [0.717, 1.165) is 17.8 Å². The zero-order valence-corrected chi connectivity index (χ0v) is 8.13. The summed E-state index contributed by atoms with van der Waals surface area (Å²) in [5.74, 6) is 0.989. The summed E-state index contributed by atoms with van der Waals surface area (Å²) >= 11 is 0. The highest BCUT2D eigenvalue weighted by Gasteiger charge is 2.00. The highest BCUT2D eigenvalue weighted by molar-refractivity contribution is 5.78. The van der Waals surface area contributed by atoms with Gasteiger partial charge in [0, 0.05) is 5.39 Å². The minimum atomic E-state index is 0.989. The van der Waals surface area contributed by atoms with Crippen molar-refractivity contribution in [3.05, 3.63) is 35.6 Å². The van der Waals surface area contributed by atoms with E-state index in [4.69, 9.17) is 4.42 Å². The standard InChI is InChI=1S/C12H14O/c1-3-4-10-5-6-11-7-9(2)13-12(11)8-10/h5-8H,3-4H2,1-2H3. The Labute approximate surface area is 78.4 Å². The van der Waals surface area contributed by atoms with Gasteiger partial charge in [-0.1, -0.05) is 25.5 Å². The fourth-order valence-electron chi connectivity index (χ4n) is 1.65.